The maximum Gasteiger partial charge on any atom is 0.337 e. The second kappa shape index (κ2) is 10.0. The number of carboxylic acids is 1. The summed E-state index contributed by atoms with van der Waals surface area (Å²) in [6, 6.07) is 4.77. The Morgan fingerprint density at radius 1 is 1.18 bits per heavy atom. The second-order valence-electron chi connectivity index (χ2n) is 6.57. The van der Waals surface area contributed by atoms with Crippen LogP contribution in [0.5, 0.6) is 0 Å². The van der Waals surface area contributed by atoms with Crippen molar-refractivity contribution in [2.75, 3.05) is 11.9 Å². The molecule has 3 aromatic heterocycles. The van der Waals surface area contributed by atoms with E-state index in [4.69, 9.17) is 0 Å². The summed E-state index contributed by atoms with van der Waals surface area (Å²) >= 11 is 0.968. The molecule has 4 aromatic rings. The van der Waals surface area contributed by atoms with Crippen molar-refractivity contribution in [3.05, 3.63) is 60.1 Å². The van der Waals surface area contributed by atoms with Gasteiger partial charge in [-0.05, 0) is 31.2 Å². The summed E-state index contributed by atoms with van der Waals surface area (Å²) in [6.45, 7) is 2.12. The predicted octanol–water partition coefficient (Wildman–Crippen LogP) is 4.16. The molecule has 1 radical (unpaired) electrons. The van der Waals surface area contributed by atoms with Crippen molar-refractivity contribution in [2.24, 2.45) is 0 Å². The molecule has 3 heterocycles. The van der Waals surface area contributed by atoms with Crippen LogP contribution in [-0.2, 0) is 0 Å². The molecule has 33 heavy (non-hydrogen) atoms. The third-order valence-electron chi connectivity index (χ3n) is 4.47. The molecule has 0 bridgehead atoms. The summed E-state index contributed by atoms with van der Waals surface area (Å²) in [5.74, 6) is -2.61. The van der Waals surface area contributed by atoms with E-state index < -0.39 is 23.6 Å². The van der Waals surface area contributed by atoms with Crippen molar-refractivity contribution >= 4 is 57.5 Å². The molecule has 0 fully saturated rings. The average molecular weight is 462 g/mol. The first kappa shape index (κ1) is 24.3. The molecule has 0 aliphatic carbocycles. The normalized spacial score (nSPS) is 10.5. The van der Waals surface area contributed by atoms with Gasteiger partial charge in [0.1, 0.15) is 17.0 Å². The van der Waals surface area contributed by atoms with Gasteiger partial charge in [-0.3, -0.25) is 15.3 Å². The number of amides is 2. The molecule has 0 aliphatic heterocycles. The Hall–Kier alpha value is -3.39. The first-order chi connectivity index (χ1) is 15.4. The molecule has 2 amide bonds. The van der Waals surface area contributed by atoms with Crippen LogP contribution < -0.4 is 10.6 Å². The second-order valence-corrected chi connectivity index (χ2v) is 7.57. The van der Waals surface area contributed by atoms with Crippen LogP contribution in [0.15, 0.2) is 42.9 Å². The van der Waals surface area contributed by atoms with E-state index in [1.54, 1.807) is 6.92 Å². The van der Waals surface area contributed by atoms with Gasteiger partial charge < -0.3 is 10.4 Å². The number of nitrogens with one attached hydrogen (secondary N) is 2. The van der Waals surface area contributed by atoms with Crippen LogP contribution in [0.2, 0.25) is 0 Å². The number of thiazole rings is 1. The molecule has 0 unspecified atom stereocenters. The van der Waals surface area contributed by atoms with Gasteiger partial charge >= 0.3 is 12.0 Å². The molecule has 1 aromatic carbocycles. The number of pyridine rings is 2. The Morgan fingerprint density at radius 3 is 2.67 bits per heavy atom. The molecule has 12 heteroatoms. The maximum absolute atomic E-state index is 15.5. The van der Waals surface area contributed by atoms with E-state index in [9.17, 15) is 19.1 Å². The quantitative estimate of drug-likeness (QED) is 0.384. The number of carbonyl (C=O) groups excluding carboxylic acids is 1. The van der Waals surface area contributed by atoms with Crippen molar-refractivity contribution in [3.8, 4) is 22.4 Å². The zero-order valence-electron chi connectivity index (χ0n) is 17.5. The molecular weight excluding hydrogens is 447 g/mol. The van der Waals surface area contributed by atoms with E-state index in [-0.39, 0.29) is 62.2 Å². The predicted molar refractivity (Wildman–Crippen MR) is 121 cm³/mol. The van der Waals surface area contributed by atoms with Crippen molar-refractivity contribution < 1.29 is 23.5 Å². The number of carboxylic acid groups (broad SMARTS) is 1. The molecular formula is C21H15F2LiN5O3S. The van der Waals surface area contributed by atoms with Crippen LogP contribution in [0, 0.1) is 11.6 Å². The first-order valence-electron chi connectivity index (χ1n) is 9.36. The van der Waals surface area contributed by atoms with E-state index in [0.29, 0.717) is 6.54 Å². The minimum absolute atomic E-state index is 0. The zero-order chi connectivity index (χ0) is 22.8. The minimum atomic E-state index is -1.22. The van der Waals surface area contributed by atoms with E-state index in [2.05, 4.69) is 25.6 Å². The Kier molecular flexibility index (Phi) is 7.38. The number of halogens is 2. The smallest absolute Gasteiger partial charge is 0.337 e. The first-order valence-corrected chi connectivity index (χ1v) is 10.2. The van der Waals surface area contributed by atoms with Gasteiger partial charge in [0.2, 0.25) is 0 Å². The monoisotopic (exact) mass is 462 g/mol. The molecule has 163 valence electrons. The summed E-state index contributed by atoms with van der Waals surface area (Å²) in [6.07, 6.45) is 3.84. The summed E-state index contributed by atoms with van der Waals surface area (Å²) < 4.78 is 30.4. The Morgan fingerprint density at radius 2 is 1.97 bits per heavy atom. The molecule has 0 spiro atoms. The van der Waals surface area contributed by atoms with Gasteiger partial charge in [-0.2, -0.15) is 0 Å². The number of hydrogen-bond donors (Lipinski definition) is 3. The summed E-state index contributed by atoms with van der Waals surface area (Å²) in [5.41, 5.74) is 0.117. The molecule has 0 aliphatic rings. The van der Waals surface area contributed by atoms with E-state index >= 15 is 4.39 Å². The number of anilines is 1. The van der Waals surface area contributed by atoms with Crippen molar-refractivity contribution in [1.29, 1.82) is 0 Å². The summed E-state index contributed by atoms with van der Waals surface area (Å²) in [5, 5.41) is 14.4. The van der Waals surface area contributed by atoms with Gasteiger partial charge in [0, 0.05) is 60.7 Å². The third-order valence-corrected chi connectivity index (χ3v) is 5.48. The SMILES string of the molecule is CCNC(=O)Nc1nc2c(F)c(-c3cncc(C(=O)O)c3)cc(-c3ncccc3F)c2s1.[Li]. The van der Waals surface area contributed by atoms with Crippen LogP contribution >= 0.6 is 11.3 Å². The molecule has 3 N–H and O–H groups in total. The fourth-order valence-corrected chi connectivity index (χ4v) is 4.05. The van der Waals surface area contributed by atoms with Gasteiger partial charge in [-0.1, -0.05) is 11.3 Å². The molecule has 8 nitrogen and oxygen atoms in total. The fourth-order valence-electron chi connectivity index (χ4n) is 3.08. The van der Waals surface area contributed by atoms with Gasteiger partial charge in [0.25, 0.3) is 0 Å². The molecule has 0 saturated carbocycles. The number of aromatic nitrogens is 3. The fraction of sp³-hybridized carbons (Fsp3) is 0.0952. The topological polar surface area (TPSA) is 117 Å². The number of nitrogens with zero attached hydrogens (tertiary/aromatic N) is 3. The van der Waals surface area contributed by atoms with Gasteiger partial charge in [-0.15, -0.1) is 0 Å². The Labute approximate surface area is 202 Å². The van der Waals surface area contributed by atoms with Crippen LogP contribution in [0.25, 0.3) is 32.6 Å². The maximum atomic E-state index is 15.5. The van der Waals surface area contributed by atoms with Gasteiger partial charge in [-0.25, -0.2) is 23.4 Å². The largest absolute Gasteiger partial charge is 0.478 e. The number of benzene rings is 1. The number of carbonyl (C=O) groups is 2. The number of urea groups is 1. The average Bonchev–Trinajstić information content (AvgIpc) is 3.19. The van der Waals surface area contributed by atoms with Crippen LogP contribution in [0.4, 0.5) is 18.7 Å². The molecule has 0 saturated heterocycles. The van der Waals surface area contributed by atoms with Crippen LogP contribution in [0.1, 0.15) is 17.3 Å². The Balaban J connectivity index is 0.00000306. The number of rotatable bonds is 5. The number of aromatic carboxylic acids is 1. The van der Waals surface area contributed by atoms with Gasteiger partial charge in [0.05, 0.1) is 10.3 Å². The minimum Gasteiger partial charge on any atom is -0.478 e. The summed E-state index contributed by atoms with van der Waals surface area (Å²) in [7, 11) is 0. The summed E-state index contributed by atoms with van der Waals surface area (Å²) in [4.78, 5) is 35.3. The Bertz CT molecular complexity index is 1370. The van der Waals surface area contributed by atoms with Crippen molar-refractivity contribution in [1.82, 2.24) is 20.3 Å². The third kappa shape index (κ3) is 4.85. The van der Waals surface area contributed by atoms with Crippen molar-refractivity contribution in [2.45, 2.75) is 6.92 Å². The van der Waals surface area contributed by atoms with Crippen molar-refractivity contribution in [3.63, 3.8) is 0 Å². The van der Waals surface area contributed by atoms with Gasteiger partial charge in [0.15, 0.2) is 10.9 Å². The van der Waals surface area contributed by atoms with E-state index in [1.807, 2.05) is 0 Å². The number of fused-ring (bicyclic) bond motifs is 1. The molecule has 0 atom stereocenters. The van der Waals surface area contributed by atoms with Crippen LogP contribution in [-0.4, -0.2) is 57.5 Å². The zero-order valence-corrected chi connectivity index (χ0v) is 18.3. The standard InChI is InChI=1S/C21H15F2N5O3S.Li/c1-2-25-20(31)28-21-27-17-15(23)12(10-6-11(19(29)30)9-24-8-10)7-13(18(17)32-21)16-14(22)4-3-5-26-16;/h3-9H,2H2,1H3,(H,29,30)(H2,25,27,28,31);. The van der Waals surface area contributed by atoms with E-state index in [1.165, 1.54) is 36.7 Å². The number of hydrogen-bond acceptors (Lipinski definition) is 6. The van der Waals surface area contributed by atoms with E-state index in [0.717, 1.165) is 17.5 Å². The molecule has 4 rings (SSSR count). The van der Waals surface area contributed by atoms with Crippen LogP contribution in [0.3, 0.4) is 0 Å².